The second-order valence-electron chi connectivity index (χ2n) is 7.50. The molecule has 3 aliphatic rings. The van der Waals surface area contributed by atoms with E-state index in [1.807, 2.05) is 19.2 Å². The minimum absolute atomic E-state index is 0.148. The number of pyridine rings is 1. The minimum Gasteiger partial charge on any atom is -0.493 e. The van der Waals surface area contributed by atoms with Gasteiger partial charge in [-0.05, 0) is 64.1 Å². The Balaban J connectivity index is 1.25. The number of carbonyl (C=O) groups excluding carboxylic acids is 1. The lowest BCUT2D eigenvalue weighted by Crippen LogP contribution is -2.46. The van der Waals surface area contributed by atoms with Crippen LogP contribution in [0.2, 0.25) is 0 Å². The summed E-state index contributed by atoms with van der Waals surface area (Å²) in [5.41, 5.74) is 1.09. The van der Waals surface area contributed by atoms with E-state index < -0.39 is 0 Å². The molecule has 2 saturated heterocycles. The van der Waals surface area contributed by atoms with Crippen molar-refractivity contribution in [2.75, 3.05) is 26.2 Å². The smallest absolute Gasteiger partial charge is 0.240 e. The lowest BCUT2D eigenvalue weighted by molar-refractivity contribution is -0.133. The fourth-order valence-corrected chi connectivity index (χ4v) is 4.04. The van der Waals surface area contributed by atoms with Crippen LogP contribution in [0.25, 0.3) is 0 Å². The summed E-state index contributed by atoms with van der Waals surface area (Å²) in [5.74, 6) is 1.92. The molecule has 0 N–H and O–H groups in total. The highest BCUT2D eigenvalue weighted by Crippen LogP contribution is 2.33. The zero-order chi connectivity index (χ0) is 16.5. The molecule has 5 heteroatoms. The van der Waals surface area contributed by atoms with Crippen molar-refractivity contribution in [1.29, 1.82) is 0 Å². The maximum absolute atomic E-state index is 12.6. The Bertz CT molecular complexity index is 594. The molecule has 0 bridgehead atoms. The number of carbonyl (C=O) groups is 1. The molecule has 24 heavy (non-hydrogen) atoms. The predicted molar refractivity (Wildman–Crippen MR) is 91.9 cm³/mol. The first-order valence-electron chi connectivity index (χ1n) is 9.30. The van der Waals surface area contributed by atoms with Crippen LogP contribution in [0.3, 0.4) is 0 Å². The van der Waals surface area contributed by atoms with Crippen molar-refractivity contribution in [3.63, 3.8) is 0 Å². The topological polar surface area (TPSA) is 45.7 Å². The van der Waals surface area contributed by atoms with E-state index >= 15 is 0 Å². The van der Waals surface area contributed by atoms with Gasteiger partial charge in [-0.25, -0.2) is 0 Å². The number of nitrogens with zero attached hydrogens (tertiary/aromatic N) is 3. The molecule has 5 nitrogen and oxygen atoms in total. The van der Waals surface area contributed by atoms with E-state index in [4.69, 9.17) is 4.74 Å². The normalized spacial score (nSPS) is 26.1. The van der Waals surface area contributed by atoms with Crippen molar-refractivity contribution in [2.45, 2.75) is 51.1 Å². The van der Waals surface area contributed by atoms with Gasteiger partial charge >= 0.3 is 0 Å². The standard InChI is InChI=1S/C19H27N3O2/c1-14-12-20-8-4-18(14)24-13-15-5-9-21(10-6-15)17-7-11-22(19(17)23)16-2-3-16/h4,8,12,15-17H,2-3,5-7,9-11,13H2,1H3. The van der Waals surface area contributed by atoms with Crippen LogP contribution in [-0.4, -0.2) is 59.0 Å². The third-order valence-electron chi connectivity index (χ3n) is 5.73. The molecule has 1 amide bonds. The number of hydrogen-bond acceptors (Lipinski definition) is 4. The third-order valence-corrected chi connectivity index (χ3v) is 5.73. The van der Waals surface area contributed by atoms with Crippen molar-refractivity contribution < 1.29 is 9.53 Å². The summed E-state index contributed by atoms with van der Waals surface area (Å²) in [6, 6.07) is 2.65. The molecule has 3 heterocycles. The van der Waals surface area contributed by atoms with Gasteiger partial charge in [0.15, 0.2) is 0 Å². The summed E-state index contributed by atoms with van der Waals surface area (Å²) in [6.07, 6.45) is 9.32. The molecule has 1 atom stereocenters. The zero-order valence-corrected chi connectivity index (χ0v) is 14.5. The fourth-order valence-electron chi connectivity index (χ4n) is 4.04. The first-order valence-corrected chi connectivity index (χ1v) is 9.30. The van der Waals surface area contributed by atoms with Gasteiger partial charge in [0.1, 0.15) is 5.75 Å². The molecule has 2 aliphatic heterocycles. The number of aromatic nitrogens is 1. The SMILES string of the molecule is Cc1cnccc1OCC1CCN(C2CCN(C3CC3)C2=O)CC1. The second-order valence-corrected chi connectivity index (χ2v) is 7.50. The first kappa shape index (κ1) is 15.9. The van der Waals surface area contributed by atoms with Crippen LogP contribution in [0.4, 0.5) is 0 Å². The number of likely N-dealkylation sites (tertiary alicyclic amines) is 2. The summed E-state index contributed by atoms with van der Waals surface area (Å²) >= 11 is 0. The molecule has 0 radical (unpaired) electrons. The van der Waals surface area contributed by atoms with Crippen LogP contribution in [0.1, 0.15) is 37.7 Å². The number of ether oxygens (including phenoxy) is 1. The molecular formula is C19H27N3O2. The maximum atomic E-state index is 12.6. The van der Waals surface area contributed by atoms with E-state index in [0.717, 1.165) is 56.8 Å². The van der Waals surface area contributed by atoms with Gasteiger partial charge in [0.2, 0.25) is 5.91 Å². The minimum atomic E-state index is 0.148. The van der Waals surface area contributed by atoms with Gasteiger partial charge in [0.05, 0.1) is 12.6 Å². The molecule has 4 rings (SSSR count). The Kier molecular flexibility index (Phi) is 4.44. The summed E-state index contributed by atoms with van der Waals surface area (Å²) in [7, 11) is 0. The molecule has 0 aromatic carbocycles. The lowest BCUT2D eigenvalue weighted by Gasteiger charge is -2.35. The van der Waals surface area contributed by atoms with Crippen LogP contribution in [0.15, 0.2) is 18.5 Å². The van der Waals surface area contributed by atoms with E-state index in [-0.39, 0.29) is 6.04 Å². The predicted octanol–water partition coefficient (Wildman–Crippen LogP) is 2.24. The van der Waals surface area contributed by atoms with Crippen LogP contribution >= 0.6 is 0 Å². The van der Waals surface area contributed by atoms with Gasteiger partial charge < -0.3 is 9.64 Å². The first-order chi connectivity index (χ1) is 11.7. The summed E-state index contributed by atoms with van der Waals surface area (Å²) in [4.78, 5) is 21.2. The number of rotatable bonds is 5. The fraction of sp³-hybridized carbons (Fsp3) is 0.684. The molecule has 1 unspecified atom stereocenters. The summed E-state index contributed by atoms with van der Waals surface area (Å²) in [5, 5.41) is 0. The van der Waals surface area contributed by atoms with Crippen LogP contribution in [0, 0.1) is 12.8 Å². The number of piperidine rings is 1. The third kappa shape index (κ3) is 3.27. The Morgan fingerprint density at radius 2 is 1.96 bits per heavy atom. The van der Waals surface area contributed by atoms with Crippen molar-refractivity contribution in [3.05, 3.63) is 24.0 Å². The van der Waals surface area contributed by atoms with E-state index in [9.17, 15) is 4.79 Å². The largest absolute Gasteiger partial charge is 0.493 e. The average Bonchev–Trinajstić information content (AvgIpc) is 3.37. The Hall–Kier alpha value is -1.62. The van der Waals surface area contributed by atoms with Crippen molar-refractivity contribution >= 4 is 5.91 Å². The van der Waals surface area contributed by atoms with Gasteiger partial charge in [-0.15, -0.1) is 0 Å². The number of amides is 1. The monoisotopic (exact) mass is 329 g/mol. The van der Waals surface area contributed by atoms with Crippen LogP contribution in [0.5, 0.6) is 5.75 Å². The number of hydrogen-bond donors (Lipinski definition) is 0. The molecule has 130 valence electrons. The second kappa shape index (κ2) is 6.71. The Morgan fingerprint density at radius 1 is 1.17 bits per heavy atom. The summed E-state index contributed by atoms with van der Waals surface area (Å²) in [6.45, 7) is 5.82. The van der Waals surface area contributed by atoms with E-state index in [1.54, 1.807) is 6.20 Å². The highest BCUT2D eigenvalue weighted by molar-refractivity contribution is 5.84. The molecule has 0 spiro atoms. The van der Waals surface area contributed by atoms with E-state index in [1.165, 1.54) is 12.8 Å². The lowest BCUT2D eigenvalue weighted by atomic mass is 9.96. The van der Waals surface area contributed by atoms with Crippen molar-refractivity contribution in [3.8, 4) is 5.75 Å². The molecule has 3 fully saturated rings. The van der Waals surface area contributed by atoms with Gasteiger partial charge in [0.25, 0.3) is 0 Å². The van der Waals surface area contributed by atoms with Gasteiger partial charge in [-0.2, -0.15) is 0 Å². The zero-order valence-electron chi connectivity index (χ0n) is 14.5. The van der Waals surface area contributed by atoms with Crippen LogP contribution in [-0.2, 0) is 4.79 Å². The van der Waals surface area contributed by atoms with Crippen LogP contribution < -0.4 is 4.74 Å². The molecule has 1 saturated carbocycles. The molecule has 1 aliphatic carbocycles. The van der Waals surface area contributed by atoms with Gasteiger partial charge in [-0.3, -0.25) is 14.7 Å². The highest BCUT2D eigenvalue weighted by atomic mass is 16.5. The average molecular weight is 329 g/mol. The maximum Gasteiger partial charge on any atom is 0.240 e. The van der Waals surface area contributed by atoms with Crippen molar-refractivity contribution in [2.24, 2.45) is 5.92 Å². The molecular weight excluding hydrogens is 302 g/mol. The van der Waals surface area contributed by atoms with Gasteiger partial charge in [-0.1, -0.05) is 0 Å². The quantitative estimate of drug-likeness (QED) is 0.831. The van der Waals surface area contributed by atoms with E-state index in [2.05, 4.69) is 14.8 Å². The number of aryl methyl sites for hydroxylation is 1. The van der Waals surface area contributed by atoms with Gasteiger partial charge in [0, 0.05) is 30.5 Å². The Labute approximate surface area is 144 Å². The molecule has 1 aromatic rings. The highest BCUT2D eigenvalue weighted by Gasteiger charge is 2.43. The van der Waals surface area contributed by atoms with Crippen molar-refractivity contribution in [1.82, 2.24) is 14.8 Å². The van der Waals surface area contributed by atoms with E-state index in [0.29, 0.717) is 17.9 Å². The summed E-state index contributed by atoms with van der Waals surface area (Å²) < 4.78 is 5.98. The Morgan fingerprint density at radius 3 is 2.67 bits per heavy atom. The molecule has 1 aromatic heterocycles.